The molecule has 0 saturated carbocycles. The third kappa shape index (κ3) is 3.10. The number of benzene rings is 1. The Morgan fingerprint density at radius 3 is 2.40 bits per heavy atom. The minimum Gasteiger partial charge on any atom is -0.443 e. The largest absolute Gasteiger partial charge is 0.443 e. The molecule has 0 N–H and O–H groups in total. The first kappa shape index (κ1) is 11.3. The molecule has 0 heterocycles. The maximum absolute atomic E-state index is 11.5. The molecule has 78 valence electrons. The van der Waals surface area contributed by atoms with E-state index in [0.717, 1.165) is 0 Å². The Morgan fingerprint density at radius 1 is 1.33 bits per heavy atom. The van der Waals surface area contributed by atoms with Crippen LogP contribution in [0.3, 0.4) is 0 Å². The predicted molar refractivity (Wildman–Crippen MR) is 56.1 cm³/mol. The molecule has 1 aromatic rings. The molecule has 0 amide bonds. The van der Waals surface area contributed by atoms with Crippen molar-refractivity contribution in [2.45, 2.75) is 20.0 Å². The van der Waals surface area contributed by atoms with Crippen molar-refractivity contribution in [3.8, 4) is 6.07 Å². The van der Waals surface area contributed by atoms with Gasteiger partial charge in [0.2, 0.25) is 0 Å². The standard InChI is InChI=1S/C12H13NO2/c1-9(2)11(8-13)15-12(14)10-6-4-3-5-7-10/h3-7,9,11H,1-2H3. The Hall–Kier alpha value is -1.82. The van der Waals surface area contributed by atoms with Gasteiger partial charge < -0.3 is 4.74 Å². The Kier molecular flexibility index (Phi) is 3.87. The van der Waals surface area contributed by atoms with Crippen LogP contribution in [-0.2, 0) is 4.74 Å². The second-order valence-electron chi connectivity index (χ2n) is 3.57. The first-order valence-electron chi connectivity index (χ1n) is 4.80. The van der Waals surface area contributed by atoms with Crippen LogP contribution in [0.5, 0.6) is 0 Å². The van der Waals surface area contributed by atoms with Gasteiger partial charge in [0, 0.05) is 5.92 Å². The summed E-state index contributed by atoms with van der Waals surface area (Å²) < 4.78 is 5.05. The van der Waals surface area contributed by atoms with E-state index in [1.807, 2.05) is 26.0 Å². The van der Waals surface area contributed by atoms with E-state index in [0.29, 0.717) is 5.56 Å². The summed E-state index contributed by atoms with van der Waals surface area (Å²) in [6.45, 7) is 3.68. The number of ether oxygens (including phenoxy) is 1. The molecule has 3 heteroatoms. The molecule has 0 aliphatic carbocycles. The summed E-state index contributed by atoms with van der Waals surface area (Å²) in [4.78, 5) is 11.5. The fraction of sp³-hybridized carbons (Fsp3) is 0.333. The fourth-order valence-corrected chi connectivity index (χ4v) is 1.07. The molecule has 0 aliphatic heterocycles. The van der Waals surface area contributed by atoms with Gasteiger partial charge in [-0.2, -0.15) is 5.26 Å². The van der Waals surface area contributed by atoms with E-state index >= 15 is 0 Å². The number of nitriles is 1. The quantitative estimate of drug-likeness (QED) is 0.709. The first-order valence-corrected chi connectivity index (χ1v) is 4.80. The molecule has 1 atom stereocenters. The minimum absolute atomic E-state index is 0.00247. The maximum Gasteiger partial charge on any atom is 0.339 e. The highest BCUT2D eigenvalue weighted by atomic mass is 16.5. The SMILES string of the molecule is CC(C)C(C#N)OC(=O)c1ccccc1. The van der Waals surface area contributed by atoms with Gasteiger partial charge in [-0.1, -0.05) is 32.0 Å². The Labute approximate surface area is 89.3 Å². The molecular weight excluding hydrogens is 190 g/mol. The third-order valence-electron chi connectivity index (χ3n) is 1.98. The summed E-state index contributed by atoms with van der Waals surface area (Å²) in [5.41, 5.74) is 0.471. The lowest BCUT2D eigenvalue weighted by molar-refractivity contribution is 0.0325. The van der Waals surface area contributed by atoms with Gasteiger partial charge in [0.05, 0.1) is 5.56 Å². The lowest BCUT2D eigenvalue weighted by atomic mass is 10.1. The average Bonchev–Trinajstić information content (AvgIpc) is 2.26. The van der Waals surface area contributed by atoms with Crippen LogP contribution in [0.25, 0.3) is 0 Å². The van der Waals surface area contributed by atoms with Gasteiger partial charge >= 0.3 is 5.97 Å². The van der Waals surface area contributed by atoms with E-state index in [2.05, 4.69) is 0 Å². The molecule has 0 fully saturated rings. The fourth-order valence-electron chi connectivity index (χ4n) is 1.07. The summed E-state index contributed by atoms with van der Waals surface area (Å²) in [6.07, 6.45) is -0.683. The molecular formula is C12H13NO2. The van der Waals surface area contributed by atoms with Crippen molar-refractivity contribution in [2.75, 3.05) is 0 Å². The van der Waals surface area contributed by atoms with E-state index in [9.17, 15) is 4.79 Å². The van der Waals surface area contributed by atoms with Crippen LogP contribution in [0.4, 0.5) is 0 Å². The van der Waals surface area contributed by atoms with Gasteiger partial charge in [0.25, 0.3) is 0 Å². The number of nitrogens with zero attached hydrogens (tertiary/aromatic N) is 1. The van der Waals surface area contributed by atoms with Crippen molar-refractivity contribution in [1.29, 1.82) is 5.26 Å². The van der Waals surface area contributed by atoms with E-state index in [1.54, 1.807) is 24.3 Å². The topological polar surface area (TPSA) is 50.1 Å². The summed E-state index contributed by atoms with van der Waals surface area (Å²) in [7, 11) is 0. The lowest BCUT2D eigenvalue weighted by Crippen LogP contribution is -2.21. The lowest BCUT2D eigenvalue weighted by Gasteiger charge is -2.13. The van der Waals surface area contributed by atoms with Crippen molar-refractivity contribution in [3.05, 3.63) is 35.9 Å². The van der Waals surface area contributed by atoms with Crippen LogP contribution in [0.1, 0.15) is 24.2 Å². The van der Waals surface area contributed by atoms with E-state index in [-0.39, 0.29) is 5.92 Å². The first-order chi connectivity index (χ1) is 7.15. The molecule has 1 rings (SSSR count). The molecule has 3 nitrogen and oxygen atoms in total. The summed E-state index contributed by atoms with van der Waals surface area (Å²) in [5, 5.41) is 8.77. The molecule has 0 radical (unpaired) electrons. The van der Waals surface area contributed by atoms with Crippen LogP contribution >= 0.6 is 0 Å². The van der Waals surface area contributed by atoms with Gasteiger partial charge in [0.1, 0.15) is 6.07 Å². The zero-order valence-electron chi connectivity index (χ0n) is 8.81. The molecule has 1 unspecified atom stereocenters. The van der Waals surface area contributed by atoms with Crippen LogP contribution in [-0.4, -0.2) is 12.1 Å². The zero-order chi connectivity index (χ0) is 11.3. The molecule has 15 heavy (non-hydrogen) atoms. The Morgan fingerprint density at radius 2 is 1.93 bits per heavy atom. The number of esters is 1. The third-order valence-corrected chi connectivity index (χ3v) is 1.98. The van der Waals surface area contributed by atoms with Crippen molar-refractivity contribution >= 4 is 5.97 Å². The zero-order valence-corrected chi connectivity index (χ0v) is 8.81. The monoisotopic (exact) mass is 203 g/mol. The van der Waals surface area contributed by atoms with E-state index < -0.39 is 12.1 Å². The molecule has 0 aliphatic rings. The highest BCUT2D eigenvalue weighted by Crippen LogP contribution is 2.09. The van der Waals surface area contributed by atoms with E-state index in [4.69, 9.17) is 10.00 Å². The molecule has 0 saturated heterocycles. The second kappa shape index (κ2) is 5.16. The summed E-state index contributed by atoms with van der Waals surface area (Å²) >= 11 is 0. The highest BCUT2D eigenvalue weighted by molar-refractivity contribution is 5.89. The minimum atomic E-state index is -0.683. The van der Waals surface area contributed by atoms with Gasteiger partial charge in [-0.3, -0.25) is 0 Å². The number of hydrogen-bond acceptors (Lipinski definition) is 3. The number of hydrogen-bond donors (Lipinski definition) is 0. The summed E-state index contributed by atoms with van der Waals surface area (Å²) in [5.74, 6) is -0.446. The molecule has 0 bridgehead atoms. The second-order valence-corrected chi connectivity index (χ2v) is 3.57. The predicted octanol–water partition coefficient (Wildman–Crippen LogP) is 2.39. The molecule has 0 aromatic heterocycles. The Balaban J connectivity index is 2.68. The van der Waals surface area contributed by atoms with Gasteiger partial charge in [0.15, 0.2) is 6.10 Å². The number of rotatable bonds is 3. The van der Waals surface area contributed by atoms with Crippen molar-refractivity contribution in [1.82, 2.24) is 0 Å². The van der Waals surface area contributed by atoms with Crippen molar-refractivity contribution in [2.24, 2.45) is 5.92 Å². The van der Waals surface area contributed by atoms with Gasteiger partial charge in [-0.25, -0.2) is 4.79 Å². The van der Waals surface area contributed by atoms with Crippen molar-refractivity contribution in [3.63, 3.8) is 0 Å². The smallest absolute Gasteiger partial charge is 0.339 e. The van der Waals surface area contributed by atoms with Gasteiger partial charge in [-0.05, 0) is 12.1 Å². The summed E-state index contributed by atoms with van der Waals surface area (Å²) in [6, 6.07) is 10.6. The van der Waals surface area contributed by atoms with Crippen molar-refractivity contribution < 1.29 is 9.53 Å². The normalized spacial score (nSPS) is 11.9. The molecule has 1 aromatic carbocycles. The van der Waals surface area contributed by atoms with Gasteiger partial charge in [-0.15, -0.1) is 0 Å². The van der Waals surface area contributed by atoms with Crippen LogP contribution in [0.15, 0.2) is 30.3 Å². The highest BCUT2D eigenvalue weighted by Gasteiger charge is 2.18. The number of carbonyl (C=O) groups excluding carboxylic acids is 1. The Bertz CT molecular complexity index is 365. The number of carbonyl (C=O) groups is 1. The van der Waals surface area contributed by atoms with Crippen LogP contribution in [0.2, 0.25) is 0 Å². The maximum atomic E-state index is 11.5. The average molecular weight is 203 g/mol. The van der Waals surface area contributed by atoms with Crippen LogP contribution in [0, 0.1) is 17.2 Å². The van der Waals surface area contributed by atoms with E-state index in [1.165, 1.54) is 0 Å². The van der Waals surface area contributed by atoms with Crippen LogP contribution < -0.4 is 0 Å². The molecule has 0 spiro atoms.